The quantitative estimate of drug-likeness (QED) is 0.199. The number of carbonyl (C=O) groups is 4. The standard InChI is InChI=1S/C28H34N6O5/c1-28(2,3)39-27(38)33(21-10-8-20(9-11-21)31-32-29)15-5-4-6-18-7-12-22-19(16-18)17-34(26(22)37)23-13-14-24(35)30-25(23)36/h7,12,16,20-21,23H,5,8-11,13-15,17H2,1-3H3,(H,30,35,36). The zero-order valence-corrected chi connectivity index (χ0v) is 22.6. The lowest BCUT2D eigenvalue weighted by Crippen LogP contribution is -2.52. The van der Waals surface area contributed by atoms with E-state index in [4.69, 9.17) is 10.3 Å². The van der Waals surface area contributed by atoms with Gasteiger partial charge in [-0.25, -0.2) is 4.79 Å². The number of imide groups is 1. The van der Waals surface area contributed by atoms with Gasteiger partial charge in [-0.15, -0.1) is 0 Å². The second-order valence-corrected chi connectivity index (χ2v) is 11.2. The molecule has 0 aromatic heterocycles. The van der Waals surface area contributed by atoms with E-state index in [2.05, 4.69) is 27.2 Å². The molecule has 2 heterocycles. The zero-order chi connectivity index (χ0) is 28.2. The number of benzene rings is 1. The average molecular weight is 535 g/mol. The number of azide groups is 1. The SMILES string of the molecule is CC(C)(C)OC(=O)N(CCC#Cc1ccc2c(c1)CN(C1CCC(=O)NC1=O)C2=O)C1CCC(N=[N+]=[N-])CC1. The minimum Gasteiger partial charge on any atom is -0.444 e. The van der Waals surface area contributed by atoms with Crippen LogP contribution in [0.2, 0.25) is 0 Å². The molecular formula is C28H34N6O5. The number of piperidine rings is 1. The molecule has 1 saturated carbocycles. The molecule has 4 amide bonds. The van der Waals surface area contributed by atoms with Crippen LogP contribution in [-0.2, 0) is 20.9 Å². The Morgan fingerprint density at radius 2 is 1.95 bits per heavy atom. The van der Waals surface area contributed by atoms with Crippen LogP contribution in [0.4, 0.5) is 4.79 Å². The summed E-state index contributed by atoms with van der Waals surface area (Å²) in [6, 6.07) is 4.66. The van der Waals surface area contributed by atoms with Gasteiger partial charge in [-0.2, -0.15) is 0 Å². The van der Waals surface area contributed by atoms with Crippen LogP contribution in [0.3, 0.4) is 0 Å². The molecule has 0 radical (unpaired) electrons. The lowest BCUT2D eigenvalue weighted by Gasteiger charge is -2.36. The number of rotatable bonds is 5. The molecule has 1 aromatic rings. The molecule has 1 atom stereocenters. The van der Waals surface area contributed by atoms with E-state index in [0.29, 0.717) is 31.5 Å². The van der Waals surface area contributed by atoms with Gasteiger partial charge in [0, 0.05) is 54.1 Å². The summed E-state index contributed by atoms with van der Waals surface area (Å²) in [5.41, 5.74) is 10.2. The summed E-state index contributed by atoms with van der Waals surface area (Å²) in [7, 11) is 0. The Bertz CT molecular complexity index is 1260. The molecule has 4 rings (SSSR count). The molecule has 1 aromatic carbocycles. The summed E-state index contributed by atoms with van der Waals surface area (Å²) in [6.07, 6.45) is 3.51. The van der Waals surface area contributed by atoms with Gasteiger partial charge in [-0.05, 0) is 82.2 Å². The Morgan fingerprint density at radius 3 is 2.62 bits per heavy atom. The van der Waals surface area contributed by atoms with Crippen molar-refractivity contribution in [3.63, 3.8) is 0 Å². The van der Waals surface area contributed by atoms with Gasteiger partial charge in [0.15, 0.2) is 0 Å². The highest BCUT2D eigenvalue weighted by Crippen LogP contribution is 2.29. The first-order valence-corrected chi connectivity index (χ1v) is 13.4. The Labute approximate surface area is 227 Å². The summed E-state index contributed by atoms with van der Waals surface area (Å²) in [4.78, 5) is 55.8. The van der Waals surface area contributed by atoms with E-state index in [1.807, 2.05) is 26.8 Å². The maximum Gasteiger partial charge on any atom is 0.410 e. The molecule has 1 saturated heterocycles. The molecule has 1 aliphatic carbocycles. The minimum absolute atomic E-state index is 0.00364. The van der Waals surface area contributed by atoms with Gasteiger partial charge in [-0.1, -0.05) is 17.0 Å². The third-order valence-electron chi connectivity index (χ3n) is 7.18. The van der Waals surface area contributed by atoms with Gasteiger partial charge in [0.25, 0.3) is 5.91 Å². The van der Waals surface area contributed by atoms with E-state index in [1.54, 1.807) is 17.0 Å². The predicted octanol–water partition coefficient (Wildman–Crippen LogP) is 4.05. The third-order valence-corrected chi connectivity index (χ3v) is 7.18. The first kappa shape index (κ1) is 28.0. The van der Waals surface area contributed by atoms with Gasteiger partial charge in [-0.3, -0.25) is 19.7 Å². The number of hydrogen-bond donors (Lipinski definition) is 1. The first-order valence-electron chi connectivity index (χ1n) is 13.4. The van der Waals surface area contributed by atoms with E-state index in [1.165, 1.54) is 4.90 Å². The van der Waals surface area contributed by atoms with Gasteiger partial charge in [0.1, 0.15) is 11.6 Å². The number of fused-ring (bicyclic) bond motifs is 1. The summed E-state index contributed by atoms with van der Waals surface area (Å²) < 4.78 is 5.65. The number of nitrogens with zero attached hydrogens (tertiary/aromatic N) is 5. The van der Waals surface area contributed by atoms with E-state index in [0.717, 1.165) is 36.8 Å². The van der Waals surface area contributed by atoms with Crippen molar-refractivity contribution in [1.82, 2.24) is 15.1 Å². The molecular weight excluding hydrogens is 500 g/mol. The Balaban J connectivity index is 1.40. The van der Waals surface area contributed by atoms with Crippen LogP contribution in [0.5, 0.6) is 0 Å². The number of nitrogens with one attached hydrogen (secondary N) is 1. The van der Waals surface area contributed by atoms with Gasteiger partial charge >= 0.3 is 6.09 Å². The molecule has 206 valence electrons. The number of hydrogen-bond acceptors (Lipinski definition) is 6. The van der Waals surface area contributed by atoms with Gasteiger partial charge in [0.05, 0.1) is 0 Å². The fourth-order valence-corrected chi connectivity index (χ4v) is 5.29. The Morgan fingerprint density at radius 1 is 1.21 bits per heavy atom. The van der Waals surface area contributed by atoms with Crippen molar-refractivity contribution >= 4 is 23.8 Å². The largest absolute Gasteiger partial charge is 0.444 e. The van der Waals surface area contributed by atoms with Crippen molar-refractivity contribution in [2.75, 3.05) is 6.54 Å². The van der Waals surface area contributed by atoms with Crippen molar-refractivity contribution in [2.45, 2.75) is 96.0 Å². The number of amides is 4. The topological polar surface area (TPSA) is 145 Å². The number of carbonyl (C=O) groups excluding carboxylic acids is 4. The maximum atomic E-state index is 13.0. The fraction of sp³-hybridized carbons (Fsp3) is 0.571. The molecule has 1 unspecified atom stereocenters. The van der Waals surface area contributed by atoms with Crippen LogP contribution in [0.15, 0.2) is 23.3 Å². The van der Waals surface area contributed by atoms with E-state index in [9.17, 15) is 19.2 Å². The molecule has 0 spiro atoms. The maximum absolute atomic E-state index is 13.0. The molecule has 3 aliphatic rings. The summed E-state index contributed by atoms with van der Waals surface area (Å²) in [6.45, 7) is 6.20. The monoisotopic (exact) mass is 534 g/mol. The molecule has 11 heteroatoms. The Hall–Kier alpha value is -4.03. The van der Waals surface area contributed by atoms with Crippen LogP contribution >= 0.6 is 0 Å². The van der Waals surface area contributed by atoms with Gasteiger partial charge < -0.3 is 14.5 Å². The molecule has 11 nitrogen and oxygen atoms in total. The lowest BCUT2D eigenvalue weighted by atomic mass is 9.90. The molecule has 0 bridgehead atoms. The zero-order valence-electron chi connectivity index (χ0n) is 22.6. The van der Waals surface area contributed by atoms with Crippen LogP contribution in [0, 0.1) is 11.8 Å². The highest BCUT2D eigenvalue weighted by molar-refractivity contribution is 6.05. The van der Waals surface area contributed by atoms with E-state index >= 15 is 0 Å². The van der Waals surface area contributed by atoms with Gasteiger partial charge in [0.2, 0.25) is 11.8 Å². The minimum atomic E-state index is -0.655. The summed E-state index contributed by atoms with van der Waals surface area (Å²) >= 11 is 0. The molecule has 39 heavy (non-hydrogen) atoms. The second-order valence-electron chi connectivity index (χ2n) is 11.2. The smallest absolute Gasteiger partial charge is 0.410 e. The van der Waals surface area contributed by atoms with Crippen molar-refractivity contribution < 1.29 is 23.9 Å². The van der Waals surface area contributed by atoms with Crippen LogP contribution in [-0.4, -0.2) is 63.9 Å². The highest BCUT2D eigenvalue weighted by Gasteiger charge is 2.39. The lowest BCUT2D eigenvalue weighted by molar-refractivity contribution is -0.136. The van der Waals surface area contributed by atoms with Crippen LogP contribution in [0.25, 0.3) is 10.4 Å². The Kier molecular flexibility index (Phi) is 8.46. The normalized spacial score (nSPS) is 22.7. The van der Waals surface area contributed by atoms with Crippen molar-refractivity contribution in [3.05, 3.63) is 45.3 Å². The van der Waals surface area contributed by atoms with E-state index < -0.39 is 17.6 Å². The van der Waals surface area contributed by atoms with Crippen LogP contribution in [0.1, 0.15) is 87.2 Å². The fourth-order valence-electron chi connectivity index (χ4n) is 5.29. The van der Waals surface area contributed by atoms with E-state index in [-0.39, 0.29) is 36.4 Å². The second kappa shape index (κ2) is 11.8. The molecule has 2 fully saturated rings. The summed E-state index contributed by atoms with van der Waals surface area (Å²) in [5, 5.41) is 6.13. The number of ether oxygens (including phenoxy) is 1. The molecule has 1 N–H and O–H groups in total. The van der Waals surface area contributed by atoms with Crippen LogP contribution < -0.4 is 5.32 Å². The highest BCUT2D eigenvalue weighted by atomic mass is 16.6. The summed E-state index contributed by atoms with van der Waals surface area (Å²) in [5.74, 6) is 5.30. The van der Waals surface area contributed by atoms with Crippen molar-refractivity contribution in [1.29, 1.82) is 0 Å². The molecule has 2 aliphatic heterocycles. The first-order chi connectivity index (χ1) is 18.6. The van der Waals surface area contributed by atoms with Crippen molar-refractivity contribution in [2.24, 2.45) is 5.11 Å². The predicted molar refractivity (Wildman–Crippen MR) is 142 cm³/mol. The average Bonchev–Trinajstić information content (AvgIpc) is 3.19. The third kappa shape index (κ3) is 6.89. The van der Waals surface area contributed by atoms with Crippen molar-refractivity contribution in [3.8, 4) is 11.8 Å².